The van der Waals surface area contributed by atoms with Crippen molar-refractivity contribution in [1.29, 1.82) is 0 Å². The Labute approximate surface area is 68.0 Å². The van der Waals surface area contributed by atoms with E-state index in [1.165, 1.54) is 18.2 Å². The molecule has 0 fully saturated rings. The third-order valence-electron chi connectivity index (χ3n) is 1.42. The first-order valence-electron chi connectivity index (χ1n) is 3.29. The van der Waals surface area contributed by atoms with Crippen LogP contribution in [0.4, 0.5) is 8.78 Å². The Kier molecular flexibility index (Phi) is 2.38. The number of hydrogen-bond acceptors (Lipinski definition) is 1. The minimum absolute atomic E-state index is 0.104. The van der Waals surface area contributed by atoms with Crippen LogP contribution >= 0.6 is 0 Å². The van der Waals surface area contributed by atoms with Crippen molar-refractivity contribution in [3.05, 3.63) is 35.4 Å². The zero-order valence-electron chi connectivity index (χ0n) is 6.13. The lowest BCUT2D eigenvalue weighted by Crippen LogP contribution is -2.10. The normalized spacial score (nSPS) is 10.2. The molecule has 0 unspecified atom stereocenters. The number of rotatable bonds is 2. The number of primary amides is 1. The van der Waals surface area contributed by atoms with Crippen LogP contribution in [0.25, 0.3) is 0 Å². The minimum Gasteiger partial charge on any atom is -0.366 e. The molecular formula is C8H7F2NO. The number of amides is 1. The monoisotopic (exact) mass is 171 g/mol. The van der Waals surface area contributed by atoms with E-state index in [4.69, 9.17) is 5.73 Å². The van der Waals surface area contributed by atoms with Crippen molar-refractivity contribution in [2.24, 2.45) is 5.73 Å². The molecule has 0 heterocycles. The first-order chi connectivity index (χ1) is 5.61. The largest absolute Gasteiger partial charge is 0.366 e. The maximum absolute atomic E-state index is 12.1. The molecule has 0 bridgehead atoms. The summed E-state index contributed by atoms with van der Waals surface area (Å²) in [6.45, 7) is 0. The summed E-state index contributed by atoms with van der Waals surface area (Å²) in [6, 6.07) is 5.11. The summed E-state index contributed by atoms with van der Waals surface area (Å²) < 4.78 is 24.1. The molecule has 1 aromatic carbocycles. The molecule has 1 amide bonds. The Morgan fingerprint density at radius 1 is 1.42 bits per heavy atom. The quantitative estimate of drug-likeness (QED) is 0.723. The fourth-order valence-corrected chi connectivity index (χ4v) is 0.828. The van der Waals surface area contributed by atoms with E-state index in [1.807, 2.05) is 0 Å². The molecule has 64 valence electrons. The van der Waals surface area contributed by atoms with Crippen molar-refractivity contribution in [3.63, 3.8) is 0 Å². The Balaban J connectivity index is 3.04. The van der Waals surface area contributed by atoms with Crippen LogP contribution in [0.1, 0.15) is 22.3 Å². The molecule has 0 aliphatic carbocycles. The van der Waals surface area contributed by atoms with Gasteiger partial charge in [0.1, 0.15) is 0 Å². The Bertz CT molecular complexity index is 299. The molecule has 12 heavy (non-hydrogen) atoms. The van der Waals surface area contributed by atoms with Crippen molar-refractivity contribution >= 4 is 5.91 Å². The lowest BCUT2D eigenvalue weighted by atomic mass is 10.1. The van der Waals surface area contributed by atoms with Crippen LogP contribution in [-0.4, -0.2) is 5.91 Å². The highest BCUT2D eigenvalue weighted by Gasteiger charge is 2.08. The summed E-state index contributed by atoms with van der Waals surface area (Å²) in [5.41, 5.74) is 4.81. The number of hydrogen-bond donors (Lipinski definition) is 1. The molecule has 2 N–H and O–H groups in total. The van der Waals surface area contributed by atoms with Crippen LogP contribution in [0.3, 0.4) is 0 Å². The summed E-state index contributed by atoms with van der Waals surface area (Å²) in [7, 11) is 0. The van der Waals surface area contributed by atoms with E-state index in [2.05, 4.69) is 0 Å². The second-order valence-electron chi connectivity index (χ2n) is 2.29. The van der Waals surface area contributed by atoms with E-state index < -0.39 is 12.3 Å². The van der Waals surface area contributed by atoms with Crippen molar-refractivity contribution < 1.29 is 13.6 Å². The predicted molar refractivity (Wildman–Crippen MR) is 39.9 cm³/mol. The van der Waals surface area contributed by atoms with Gasteiger partial charge < -0.3 is 5.73 Å². The molecule has 0 saturated carbocycles. The van der Waals surface area contributed by atoms with E-state index in [1.54, 1.807) is 0 Å². The predicted octanol–water partition coefficient (Wildman–Crippen LogP) is 1.72. The smallest absolute Gasteiger partial charge is 0.263 e. The average Bonchev–Trinajstić information content (AvgIpc) is 2.04. The average molecular weight is 171 g/mol. The summed E-state index contributed by atoms with van der Waals surface area (Å²) in [5.74, 6) is -0.697. The van der Waals surface area contributed by atoms with Gasteiger partial charge in [0, 0.05) is 11.1 Å². The van der Waals surface area contributed by atoms with Gasteiger partial charge in [-0.15, -0.1) is 0 Å². The van der Waals surface area contributed by atoms with E-state index in [-0.39, 0.29) is 11.1 Å². The zero-order valence-corrected chi connectivity index (χ0v) is 6.13. The molecule has 0 aliphatic heterocycles. The van der Waals surface area contributed by atoms with Gasteiger partial charge in [-0.1, -0.05) is 12.1 Å². The molecule has 4 heteroatoms. The van der Waals surface area contributed by atoms with Crippen molar-refractivity contribution in [2.45, 2.75) is 6.43 Å². The molecule has 0 spiro atoms. The van der Waals surface area contributed by atoms with Gasteiger partial charge in [-0.3, -0.25) is 4.79 Å². The lowest BCUT2D eigenvalue weighted by molar-refractivity contribution is 0.1000. The molecule has 0 atom stereocenters. The topological polar surface area (TPSA) is 43.1 Å². The van der Waals surface area contributed by atoms with Crippen molar-refractivity contribution in [3.8, 4) is 0 Å². The number of nitrogens with two attached hydrogens (primary N) is 1. The highest BCUT2D eigenvalue weighted by Crippen LogP contribution is 2.18. The SMILES string of the molecule is NC(=O)c1cccc(C(F)F)c1. The van der Waals surface area contributed by atoms with Gasteiger partial charge >= 0.3 is 0 Å². The van der Waals surface area contributed by atoms with Gasteiger partial charge in [-0.25, -0.2) is 8.78 Å². The van der Waals surface area contributed by atoms with Crippen molar-refractivity contribution in [1.82, 2.24) is 0 Å². The molecule has 0 radical (unpaired) electrons. The van der Waals surface area contributed by atoms with Gasteiger partial charge in [0.05, 0.1) is 0 Å². The molecular weight excluding hydrogens is 164 g/mol. The minimum atomic E-state index is -2.57. The fraction of sp³-hybridized carbons (Fsp3) is 0.125. The summed E-state index contributed by atoms with van der Waals surface area (Å²) in [4.78, 5) is 10.6. The first kappa shape index (κ1) is 8.64. The molecule has 0 aliphatic rings. The maximum atomic E-state index is 12.1. The summed E-state index contributed by atoms with van der Waals surface area (Å²) >= 11 is 0. The second kappa shape index (κ2) is 3.30. The number of benzene rings is 1. The van der Waals surface area contributed by atoms with E-state index in [9.17, 15) is 13.6 Å². The lowest BCUT2D eigenvalue weighted by Gasteiger charge is -2.00. The van der Waals surface area contributed by atoms with Crippen LogP contribution in [0.2, 0.25) is 0 Å². The zero-order chi connectivity index (χ0) is 9.14. The van der Waals surface area contributed by atoms with Crippen LogP contribution in [0.15, 0.2) is 24.3 Å². The Morgan fingerprint density at radius 3 is 2.58 bits per heavy atom. The van der Waals surface area contributed by atoms with Crippen molar-refractivity contribution in [2.75, 3.05) is 0 Å². The molecule has 0 saturated heterocycles. The van der Waals surface area contributed by atoms with Gasteiger partial charge in [-0.05, 0) is 12.1 Å². The van der Waals surface area contributed by atoms with Gasteiger partial charge in [0.15, 0.2) is 0 Å². The number of halogens is 2. The molecule has 1 rings (SSSR count). The third-order valence-corrected chi connectivity index (χ3v) is 1.42. The van der Waals surface area contributed by atoms with Crippen LogP contribution < -0.4 is 5.73 Å². The molecule has 0 aromatic heterocycles. The van der Waals surface area contributed by atoms with Crippen LogP contribution in [0, 0.1) is 0 Å². The van der Waals surface area contributed by atoms with Crippen LogP contribution in [0.5, 0.6) is 0 Å². The number of alkyl halides is 2. The van der Waals surface area contributed by atoms with Gasteiger partial charge in [0.2, 0.25) is 5.91 Å². The second-order valence-corrected chi connectivity index (χ2v) is 2.29. The first-order valence-corrected chi connectivity index (χ1v) is 3.29. The highest BCUT2D eigenvalue weighted by molar-refractivity contribution is 5.92. The molecule has 1 aromatic rings. The van der Waals surface area contributed by atoms with Gasteiger partial charge in [0.25, 0.3) is 6.43 Å². The highest BCUT2D eigenvalue weighted by atomic mass is 19.3. The van der Waals surface area contributed by atoms with Gasteiger partial charge in [-0.2, -0.15) is 0 Å². The maximum Gasteiger partial charge on any atom is 0.263 e. The molecule has 2 nitrogen and oxygen atoms in total. The summed E-state index contributed by atoms with van der Waals surface area (Å²) in [6.07, 6.45) is -2.57. The number of carbonyl (C=O) groups is 1. The fourth-order valence-electron chi connectivity index (χ4n) is 0.828. The van der Waals surface area contributed by atoms with E-state index >= 15 is 0 Å². The van der Waals surface area contributed by atoms with E-state index in [0.717, 1.165) is 6.07 Å². The number of carbonyl (C=O) groups excluding carboxylic acids is 1. The van der Waals surface area contributed by atoms with Crippen LogP contribution in [-0.2, 0) is 0 Å². The Morgan fingerprint density at radius 2 is 2.08 bits per heavy atom. The van der Waals surface area contributed by atoms with E-state index in [0.29, 0.717) is 0 Å². The third kappa shape index (κ3) is 1.78. The standard InChI is InChI=1S/C8H7F2NO/c9-7(10)5-2-1-3-6(4-5)8(11)12/h1-4,7H,(H2,11,12). The summed E-state index contributed by atoms with van der Waals surface area (Å²) in [5, 5.41) is 0. The Hall–Kier alpha value is -1.45.